The molecule has 18 heteroatoms. The number of aliphatic hydroxyl groups excluding tert-OH is 2. The van der Waals surface area contributed by atoms with E-state index in [-0.39, 0.29) is 5.91 Å². The summed E-state index contributed by atoms with van der Waals surface area (Å²) in [7, 11) is -8.89. The molecule has 0 radical (unpaired) electrons. The van der Waals surface area contributed by atoms with E-state index in [0.717, 1.165) is 31.1 Å². The first-order valence-electron chi connectivity index (χ1n) is 14.1. The van der Waals surface area contributed by atoms with Crippen LogP contribution in [0.3, 0.4) is 0 Å². The number of likely N-dealkylation sites (tertiary alicyclic amines) is 1. The van der Waals surface area contributed by atoms with Crippen LogP contribution in [0, 0.1) is 5.92 Å². The molecule has 0 aromatic heterocycles. The van der Waals surface area contributed by atoms with Crippen molar-refractivity contribution in [3.63, 3.8) is 0 Å². The van der Waals surface area contributed by atoms with Crippen LogP contribution in [-0.2, 0) is 27.5 Å². The van der Waals surface area contributed by atoms with Gasteiger partial charge in [0.2, 0.25) is 5.91 Å². The molecule has 2 fully saturated rings. The number of nitrogens with zero attached hydrogens (tertiary/aromatic N) is 2. The van der Waals surface area contributed by atoms with Gasteiger partial charge in [0.25, 0.3) is 0 Å². The number of halogens is 1. The van der Waals surface area contributed by atoms with E-state index in [1.54, 1.807) is 6.92 Å². The molecule has 2 saturated heterocycles. The average Bonchev–Trinajstić information content (AvgIpc) is 3.26. The standard InChI is InChI=1S/C18H35ClN2O11P2S.C6H15N/c1-5-6-10-7-11(21(3)8-10)17(24)20-12(9(2)19)15-13(22)14(23)16(18(30-15)35-4)31-34(28,29)32-33(25,26)27;1-4-7(5-2)6-3/h9-16,18,22-23H,5-8H2,1-4H3,(H,20,24)(H,28,29)(H2,25,26,27);4-6H2,1-3H3/t9-,10-,11+,12+,13+,14-,15+,16?,18+;/m0./s1. The van der Waals surface area contributed by atoms with Crippen molar-refractivity contribution >= 4 is 44.9 Å². The summed E-state index contributed by atoms with van der Waals surface area (Å²) in [6.45, 7) is 14.6. The lowest BCUT2D eigenvalue weighted by Gasteiger charge is -2.45. The summed E-state index contributed by atoms with van der Waals surface area (Å²) in [4.78, 5) is 44.7. The van der Waals surface area contributed by atoms with Crippen LogP contribution in [0.2, 0.25) is 0 Å². The first-order chi connectivity index (χ1) is 19.4. The van der Waals surface area contributed by atoms with Gasteiger partial charge in [-0.1, -0.05) is 34.1 Å². The van der Waals surface area contributed by atoms with Crippen molar-refractivity contribution in [1.82, 2.24) is 15.1 Å². The number of aliphatic hydroxyl groups is 2. The van der Waals surface area contributed by atoms with E-state index in [0.29, 0.717) is 12.3 Å². The number of hydrogen-bond donors (Lipinski definition) is 6. The lowest BCUT2D eigenvalue weighted by Crippen LogP contribution is -2.65. The number of likely N-dealkylation sites (N-methyl/N-ethyl adjacent to an activating group) is 1. The first-order valence-corrected chi connectivity index (χ1v) is 18.9. The number of rotatable bonds is 14. The Morgan fingerprint density at radius 1 is 1.14 bits per heavy atom. The van der Waals surface area contributed by atoms with Crippen LogP contribution in [-0.4, -0.2) is 127 Å². The van der Waals surface area contributed by atoms with E-state index in [4.69, 9.17) is 30.6 Å². The number of alkyl halides is 1. The van der Waals surface area contributed by atoms with E-state index in [9.17, 15) is 29.0 Å². The minimum absolute atomic E-state index is 0.303. The van der Waals surface area contributed by atoms with Gasteiger partial charge in [0.05, 0.1) is 17.5 Å². The first kappa shape index (κ1) is 40.2. The summed E-state index contributed by atoms with van der Waals surface area (Å²) >= 11 is 7.27. The summed E-state index contributed by atoms with van der Waals surface area (Å²) in [5.74, 6) is 0.0807. The number of carbonyl (C=O) groups excluding carboxylic acids is 1. The highest BCUT2D eigenvalue weighted by molar-refractivity contribution is 7.99. The van der Waals surface area contributed by atoms with Crippen molar-refractivity contribution in [3.8, 4) is 0 Å². The molecule has 2 rings (SSSR count). The molecule has 10 atom stereocenters. The number of phosphoric acid groups is 2. The van der Waals surface area contributed by atoms with Gasteiger partial charge in [0.15, 0.2) is 0 Å². The zero-order valence-electron chi connectivity index (χ0n) is 25.4. The van der Waals surface area contributed by atoms with Gasteiger partial charge in [-0.25, -0.2) is 9.13 Å². The quantitative estimate of drug-likeness (QED) is 0.115. The molecule has 2 aliphatic heterocycles. The maximum Gasteiger partial charge on any atom is 0.481 e. The van der Waals surface area contributed by atoms with E-state index in [1.807, 2.05) is 11.9 Å². The number of hydrogen-bond acceptors (Lipinski definition) is 11. The third-order valence-electron chi connectivity index (χ3n) is 7.41. The highest BCUT2D eigenvalue weighted by atomic mass is 35.5. The summed E-state index contributed by atoms with van der Waals surface area (Å²) in [5, 5.41) is 23.5. The Hall–Kier alpha value is 0.170. The van der Waals surface area contributed by atoms with Crippen molar-refractivity contribution in [1.29, 1.82) is 0 Å². The fourth-order valence-electron chi connectivity index (χ4n) is 5.19. The number of thioether (sulfide) groups is 1. The van der Waals surface area contributed by atoms with Crippen molar-refractivity contribution in [2.24, 2.45) is 5.92 Å². The molecule has 42 heavy (non-hydrogen) atoms. The second kappa shape index (κ2) is 18.3. The maximum atomic E-state index is 13.1. The van der Waals surface area contributed by atoms with Gasteiger partial charge >= 0.3 is 15.6 Å². The second-order valence-electron chi connectivity index (χ2n) is 10.5. The van der Waals surface area contributed by atoms with Crippen LogP contribution in [0.25, 0.3) is 0 Å². The highest BCUT2D eigenvalue weighted by Gasteiger charge is 2.52. The van der Waals surface area contributed by atoms with Crippen LogP contribution in [0.5, 0.6) is 0 Å². The van der Waals surface area contributed by atoms with Gasteiger partial charge in [0, 0.05) is 6.54 Å². The fraction of sp³-hybridized carbons (Fsp3) is 0.958. The molecular formula is C24H50ClN3O11P2S. The summed E-state index contributed by atoms with van der Waals surface area (Å²) in [6, 6.07) is -1.34. The lowest BCUT2D eigenvalue weighted by atomic mass is 9.92. The second-order valence-corrected chi connectivity index (χ2v) is 14.9. The molecule has 14 nitrogen and oxygen atoms in total. The van der Waals surface area contributed by atoms with Crippen LogP contribution in [0.15, 0.2) is 0 Å². The molecule has 250 valence electrons. The zero-order valence-corrected chi connectivity index (χ0v) is 28.8. The number of ether oxygens (including phenoxy) is 1. The van der Waals surface area contributed by atoms with Crippen molar-refractivity contribution in [2.75, 3.05) is 39.5 Å². The molecule has 2 aliphatic rings. The van der Waals surface area contributed by atoms with Crippen molar-refractivity contribution in [2.45, 2.75) is 101 Å². The number of phosphoric ester groups is 1. The molecule has 0 spiro atoms. The molecule has 0 saturated carbocycles. The largest absolute Gasteiger partial charge is 0.481 e. The van der Waals surface area contributed by atoms with Gasteiger partial charge in [-0.3, -0.25) is 14.2 Å². The monoisotopic (exact) mass is 685 g/mol. The molecule has 2 heterocycles. The summed E-state index contributed by atoms with van der Waals surface area (Å²) in [6.07, 6.45) is -2.30. The average molecular weight is 686 g/mol. The molecule has 0 aromatic rings. The number of nitrogens with one attached hydrogen (secondary N) is 1. The third-order valence-corrected chi connectivity index (χ3v) is 10.7. The van der Waals surface area contributed by atoms with Crippen molar-refractivity contribution < 1.29 is 52.4 Å². The lowest BCUT2D eigenvalue weighted by molar-refractivity contribution is -0.201. The SMILES string of the molecule is CCC[C@H]1C[C@H](C(=O)N[C@@H]([C@H]2O[C@H](SC)C(OP(=O)(O)OP(=O)(O)O)[C@@H](O)[C@H]2O)[C@H](C)Cl)N(C)C1.CCN(CC)CC. The Morgan fingerprint density at radius 2 is 1.71 bits per heavy atom. The zero-order chi connectivity index (χ0) is 32.4. The predicted octanol–water partition coefficient (Wildman–Crippen LogP) is 1.97. The fourth-order valence-corrected chi connectivity index (χ4v) is 7.97. The highest BCUT2D eigenvalue weighted by Crippen LogP contribution is 2.59. The van der Waals surface area contributed by atoms with E-state index in [2.05, 4.69) is 42.2 Å². The van der Waals surface area contributed by atoms with E-state index >= 15 is 0 Å². The molecule has 0 aliphatic carbocycles. The predicted molar refractivity (Wildman–Crippen MR) is 162 cm³/mol. The Morgan fingerprint density at radius 3 is 2.14 bits per heavy atom. The van der Waals surface area contributed by atoms with Crippen LogP contribution >= 0.6 is 39.0 Å². The Kier molecular flexibility index (Phi) is 17.6. The topological polar surface area (TPSA) is 199 Å². The molecule has 1 amide bonds. The Labute approximate surface area is 258 Å². The van der Waals surface area contributed by atoms with Crippen molar-refractivity contribution in [3.05, 3.63) is 0 Å². The number of carbonyl (C=O) groups is 1. The smallest absolute Gasteiger partial charge is 0.388 e. The maximum absolute atomic E-state index is 13.1. The van der Waals surface area contributed by atoms with Crippen LogP contribution in [0.1, 0.15) is 53.9 Å². The normalized spacial score (nSPS) is 31.6. The minimum Gasteiger partial charge on any atom is -0.388 e. The summed E-state index contributed by atoms with van der Waals surface area (Å²) in [5.41, 5.74) is -1.18. The van der Waals surface area contributed by atoms with Gasteiger partial charge in [-0.2, -0.15) is 4.31 Å². The van der Waals surface area contributed by atoms with E-state index in [1.165, 1.54) is 25.9 Å². The van der Waals surface area contributed by atoms with Gasteiger partial charge in [-0.05, 0) is 58.6 Å². The van der Waals surface area contributed by atoms with E-state index < -0.39 is 63.0 Å². The van der Waals surface area contributed by atoms with Crippen LogP contribution < -0.4 is 5.32 Å². The van der Waals surface area contributed by atoms with Crippen LogP contribution in [0.4, 0.5) is 0 Å². The Bertz CT molecular complexity index is 909. The minimum atomic E-state index is -5.40. The molecule has 2 unspecified atom stereocenters. The van der Waals surface area contributed by atoms with Gasteiger partial charge in [0.1, 0.15) is 29.9 Å². The molecule has 0 aromatic carbocycles. The Balaban J connectivity index is 0.00000112. The third kappa shape index (κ3) is 12.5. The van der Waals surface area contributed by atoms with Gasteiger partial charge < -0.3 is 39.8 Å². The molecule has 6 N–H and O–H groups in total. The van der Waals surface area contributed by atoms with Gasteiger partial charge in [-0.15, -0.1) is 23.4 Å². The number of amides is 1. The molecule has 0 bridgehead atoms. The molecular weight excluding hydrogens is 636 g/mol. The summed E-state index contributed by atoms with van der Waals surface area (Å²) < 4.78 is 37.3.